The molecule has 4 aliphatic rings. The monoisotopic (exact) mass is 464 g/mol. The van der Waals surface area contributed by atoms with E-state index < -0.39 is 0 Å². The molecule has 174 valence electrons. The fourth-order valence-electron chi connectivity index (χ4n) is 5.47. The van der Waals surface area contributed by atoms with Gasteiger partial charge in [0.2, 0.25) is 0 Å². The molecule has 6 heteroatoms. The molecule has 1 saturated heterocycles. The lowest BCUT2D eigenvalue weighted by Crippen LogP contribution is -2.51. The molecule has 4 unspecified atom stereocenters. The van der Waals surface area contributed by atoms with Crippen molar-refractivity contribution >= 4 is 23.2 Å². The summed E-state index contributed by atoms with van der Waals surface area (Å²) in [6.45, 7) is 0.535. The van der Waals surface area contributed by atoms with E-state index in [-0.39, 0.29) is 41.5 Å². The summed E-state index contributed by atoms with van der Waals surface area (Å²) in [6, 6.07) is 14.4. The number of fused-ring (bicyclic) bond motifs is 4. The first-order valence-electron chi connectivity index (χ1n) is 11.7. The Hall–Kier alpha value is -4.19. The van der Waals surface area contributed by atoms with Crippen LogP contribution in [-0.2, 0) is 16.1 Å². The summed E-state index contributed by atoms with van der Waals surface area (Å²) in [7, 11) is 1.36. The maximum atomic E-state index is 13.6. The number of nitrogens with zero attached hydrogens (tertiary/aromatic N) is 1. The third kappa shape index (κ3) is 3.44. The number of allylic oxidation sites excluding steroid dienone is 3. The minimum absolute atomic E-state index is 0.0585. The van der Waals surface area contributed by atoms with Crippen molar-refractivity contribution in [3.8, 4) is 0 Å². The van der Waals surface area contributed by atoms with Gasteiger partial charge in [0.05, 0.1) is 36.6 Å². The fourth-order valence-corrected chi connectivity index (χ4v) is 5.47. The van der Waals surface area contributed by atoms with Crippen LogP contribution in [0.1, 0.15) is 26.3 Å². The van der Waals surface area contributed by atoms with Crippen LogP contribution in [0.15, 0.2) is 96.3 Å². The SMILES string of the molecule is COC(=O)c1ccc(CN2C3=CC4C(=O)c5ccccc5NC4C=C3C(=O)C3C=CC=CC32)cc1. The van der Waals surface area contributed by atoms with E-state index in [1.54, 1.807) is 12.1 Å². The molecular formula is C29H24N2O4. The molecule has 1 N–H and O–H groups in total. The average molecular weight is 465 g/mol. The van der Waals surface area contributed by atoms with Crippen LogP contribution >= 0.6 is 0 Å². The zero-order valence-corrected chi connectivity index (χ0v) is 19.2. The maximum Gasteiger partial charge on any atom is 0.337 e. The van der Waals surface area contributed by atoms with Gasteiger partial charge in [0.15, 0.2) is 11.6 Å². The Morgan fingerprint density at radius 3 is 2.51 bits per heavy atom. The molecule has 0 saturated carbocycles. The van der Waals surface area contributed by atoms with Gasteiger partial charge >= 0.3 is 5.97 Å². The Morgan fingerprint density at radius 1 is 0.943 bits per heavy atom. The number of hydrogen-bond acceptors (Lipinski definition) is 6. The molecule has 0 aromatic heterocycles. The molecule has 4 atom stereocenters. The Balaban J connectivity index is 1.40. The van der Waals surface area contributed by atoms with E-state index in [9.17, 15) is 14.4 Å². The van der Waals surface area contributed by atoms with Crippen molar-refractivity contribution < 1.29 is 19.1 Å². The summed E-state index contributed by atoms with van der Waals surface area (Å²) < 4.78 is 4.81. The highest BCUT2D eigenvalue weighted by Crippen LogP contribution is 2.42. The number of rotatable bonds is 3. The van der Waals surface area contributed by atoms with Crippen molar-refractivity contribution in [2.24, 2.45) is 11.8 Å². The fraction of sp³-hybridized carbons (Fsp3) is 0.207. The summed E-state index contributed by atoms with van der Waals surface area (Å²) >= 11 is 0. The van der Waals surface area contributed by atoms with Gasteiger partial charge in [-0.1, -0.05) is 48.6 Å². The zero-order valence-electron chi connectivity index (χ0n) is 19.2. The molecular weight excluding hydrogens is 440 g/mol. The highest BCUT2D eigenvalue weighted by Gasteiger charge is 2.45. The number of methoxy groups -OCH3 is 1. The van der Waals surface area contributed by atoms with E-state index in [1.807, 2.05) is 72.9 Å². The highest BCUT2D eigenvalue weighted by atomic mass is 16.5. The van der Waals surface area contributed by atoms with Gasteiger partial charge < -0.3 is 15.0 Å². The van der Waals surface area contributed by atoms with Crippen LogP contribution in [0.2, 0.25) is 0 Å². The largest absolute Gasteiger partial charge is 0.465 e. The number of benzene rings is 2. The summed E-state index contributed by atoms with van der Waals surface area (Å²) in [6.07, 6.45) is 11.8. The molecule has 2 aromatic rings. The van der Waals surface area contributed by atoms with E-state index in [0.29, 0.717) is 23.2 Å². The molecule has 6 nitrogen and oxygen atoms in total. The van der Waals surface area contributed by atoms with E-state index >= 15 is 0 Å². The van der Waals surface area contributed by atoms with Gasteiger partial charge in [-0.05, 0) is 42.0 Å². The number of Topliss-reactive ketones (excluding diaryl/α,β-unsaturated/α-hetero) is 2. The first kappa shape index (κ1) is 21.4. The van der Waals surface area contributed by atoms with Crippen molar-refractivity contribution in [3.05, 3.63) is 113 Å². The zero-order chi connectivity index (χ0) is 24.1. The number of hydrogen-bond donors (Lipinski definition) is 1. The second-order valence-electron chi connectivity index (χ2n) is 9.20. The molecule has 35 heavy (non-hydrogen) atoms. The number of anilines is 1. The third-order valence-electron chi connectivity index (χ3n) is 7.24. The third-order valence-corrected chi connectivity index (χ3v) is 7.24. The van der Waals surface area contributed by atoms with Gasteiger partial charge in [0.1, 0.15) is 0 Å². The van der Waals surface area contributed by atoms with E-state index in [0.717, 1.165) is 16.9 Å². The van der Waals surface area contributed by atoms with E-state index in [2.05, 4.69) is 10.2 Å². The molecule has 0 amide bonds. The lowest BCUT2D eigenvalue weighted by molar-refractivity contribution is -0.120. The molecule has 2 aliphatic carbocycles. The lowest BCUT2D eigenvalue weighted by Gasteiger charge is -2.46. The van der Waals surface area contributed by atoms with Crippen molar-refractivity contribution in [2.45, 2.75) is 18.6 Å². The van der Waals surface area contributed by atoms with Crippen LogP contribution in [0.4, 0.5) is 5.69 Å². The second kappa shape index (κ2) is 8.24. The van der Waals surface area contributed by atoms with Crippen molar-refractivity contribution in [3.63, 3.8) is 0 Å². The minimum Gasteiger partial charge on any atom is -0.465 e. The number of ether oxygens (including phenoxy) is 1. The first-order valence-corrected chi connectivity index (χ1v) is 11.7. The van der Waals surface area contributed by atoms with Crippen LogP contribution in [0.5, 0.6) is 0 Å². The molecule has 2 aromatic carbocycles. The van der Waals surface area contributed by atoms with Crippen LogP contribution in [0, 0.1) is 11.8 Å². The Bertz CT molecular complexity index is 1370. The topological polar surface area (TPSA) is 75.7 Å². The number of ketones is 2. The molecule has 2 heterocycles. The quantitative estimate of drug-likeness (QED) is 0.690. The Labute approximate surface area is 203 Å². The van der Waals surface area contributed by atoms with Gasteiger partial charge in [-0.15, -0.1) is 0 Å². The molecule has 0 radical (unpaired) electrons. The van der Waals surface area contributed by atoms with Crippen LogP contribution in [0.3, 0.4) is 0 Å². The van der Waals surface area contributed by atoms with Crippen LogP contribution in [0.25, 0.3) is 0 Å². The summed E-state index contributed by atoms with van der Waals surface area (Å²) in [5, 5.41) is 3.45. The van der Waals surface area contributed by atoms with Gasteiger partial charge in [0, 0.05) is 29.1 Å². The van der Waals surface area contributed by atoms with Crippen LogP contribution in [-0.4, -0.2) is 41.6 Å². The van der Waals surface area contributed by atoms with Crippen LogP contribution < -0.4 is 5.32 Å². The number of nitrogens with one attached hydrogen (secondary N) is 1. The molecule has 0 bridgehead atoms. The number of carbonyl (C=O) groups is 3. The number of esters is 1. The highest BCUT2D eigenvalue weighted by molar-refractivity contribution is 6.09. The molecule has 1 fully saturated rings. The number of piperidine rings is 1. The lowest BCUT2D eigenvalue weighted by atomic mass is 9.74. The van der Waals surface area contributed by atoms with Gasteiger partial charge in [-0.2, -0.15) is 0 Å². The standard InChI is InChI=1S/C29H24N2O4/c1-35-29(34)18-12-10-17(11-13-18)16-31-25-9-5-3-7-20(25)28(33)22-14-24-21(15-26(22)31)27(32)19-6-2-4-8-23(19)30-24/h2-15,20-21,24-25,30H,16H2,1H3. The Kier molecular flexibility index (Phi) is 5.02. The van der Waals surface area contributed by atoms with Crippen molar-refractivity contribution in [1.82, 2.24) is 4.90 Å². The average Bonchev–Trinajstić information content (AvgIpc) is 2.90. The second-order valence-corrected chi connectivity index (χ2v) is 9.20. The predicted octanol–water partition coefficient (Wildman–Crippen LogP) is 4.09. The first-order chi connectivity index (χ1) is 17.0. The molecule has 0 spiro atoms. The molecule has 2 aliphatic heterocycles. The molecule has 6 rings (SSSR count). The smallest absolute Gasteiger partial charge is 0.337 e. The van der Waals surface area contributed by atoms with Gasteiger partial charge in [-0.3, -0.25) is 9.59 Å². The summed E-state index contributed by atoms with van der Waals surface area (Å²) in [4.78, 5) is 41.0. The van der Waals surface area contributed by atoms with Gasteiger partial charge in [0.25, 0.3) is 0 Å². The minimum atomic E-state index is -0.389. The normalized spacial score (nSPS) is 25.9. The number of para-hydroxylation sites is 1. The number of likely N-dealkylation sites (tertiary alicyclic amines) is 1. The predicted molar refractivity (Wildman–Crippen MR) is 132 cm³/mol. The van der Waals surface area contributed by atoms with Crippen molar-refractivity contribution in [1.29, 1.82) is 0 Å². The van der Waals surface area contributed by atoms with E-state index in [1.165, 1.54) is 7.11 Å². The van der Waals surface area contributed by atoms with E-state index in [4.69, 9.17) is 4.74 Å². The maximum absolute atomic E-state index is 13.6. The van der Waals surface area contributed by atoms with Gasteiger partial charge in [-0.25, -0.2) is 4.79 Å². The summed E-state index contributed by atoms with van der Waals surface area (Å²) in [5.41, 5.74) is 4.41. The number of carbonyl (C=O) groups excluding carboxylic acids is 3. The van der Waals surface area contributed by atoms with Crippen molar-refractivity contribution in [2.75, 3.05) is 12.4 Å². The Morgan fingerprint density at radius 2 is 1.71 bits per heavy atom. The summed E-state index contributed by atoms with van der Waals surface area (Å²) in [5.74, 6) is -0.926.